The van der Waals surface area contributed by atoms with E-state index in [1.54, 1.807) is 13.8 Å². The topological polar surface area (TPSA) is 58.2 Å². The van der Waals surface area contributed by atoms with Crippen molar-refractivity contribution in [3.05, 3.63) is 29.6 Å². The lowest BCUT2D eigenvalue weighted by molar-refractivity contribution is 0.579. The first-order valence-electron chi connectivity index (χ1n) is 5.85. The Balaban J connectivity index is 2.78. The number of hydrogen-bond acceptors (Lipinski definition) is 3. The summed E-state index contributed by atoms with van der Waals surface area (Å²) in [5.41, 5.74) is 0.798. The first-order chi connectivity index (χ1) is 8.36. The molecule has 0 aliphatic heterocycles. The van der Waals surface area contributed by atoms with E-state index in [2.05, 4.69) is 10.0 Å². The van der Waals surface area contributed by atoms with E-state index in [0.717, 1.165) is 6.54 Å². The summed E-state index contributed by atoms with van der Waals surface area (Å²) < 4.78 is 39.4. The Labute approximate surface area is 108 Å². The van der Waals surface area contributed by atoms with Crippen molar-refractivity contribution in [1.82, 2.24) is 5.32 Å². The van der Waals surface area contributed by atoms with Gasteiger partial charge in [0, 0.05) is 12.2 Å². The zero-order valence-corrected chi connectivity index (χ0v) is 11.6. The second-order valence-corrected chi connectivity index (χ2v) is 6.33. The summed E-state index contributed by atoms with van der Waals surface area (Å²) in [5.74, 6) is -0.348. The lowest BCUT2D eigenvalue weighted by atomic mass is 10.2. The Morgan fingerprint density at radius 3 is 2.61 bits per heavy atom. The fourth-order valence-electron chi connectivity index (χ4n) is 1.43. The van der Waals surface area contributed by atoms with Crippen molar-refractivity contribution in [2.24, 2.45) is 0 Å². The Bertz CT molecular complexity index is 503. The van der Waals surface area contributed by atoms with Crippen LogP contribution in [-0.2, 0) is 10.0 Å². The molecular weight excluding hydrogens is 255 g/mol. The molecule has 0 fully saturated rings. The summed E-state index contributed by atoms with van der Waals surface area (Å²) in [6.07, 6.45) is 0. The molecule has 0 aromatic heterocycles. The highest BCUT2D eigenvalue weighted by Crippen LogP contribution is 2.16. The van der Waals surface area contributed by atoms with Gasteiger partial charge in [0.15, 0.2) is 0 Å². The maximum absolute atomic E-state index is 13.1. The van der Waals surface area contributed by atoms with Gasteiger partial charge in [-0.25, -0.2) is 12.8 Å². The van der Waals surface area contributed by atoms with Crippen molar-refractivity contribution < 1.29 is 12.8 Å². The van der Waals surface area contributed by atoms with E-state index in [0.29, 0.717) is 17.8 Å². The van der Waals surface area contributed by atoms with E-state index in [1.165, 1.54) is 18.2 Å². The first kappa shape index (κ1) is 14.9. The highest BCUT2D eigenvalue weighted by atomic mass is 32.2. The minimum absolute atomic E-state index is 0.348. The first-order valence-corrected chi connectivity index (χ1v) is 7.40. The van der Waals surface area contributed by atoms with Crippen molar-refractivity contribution in [2.45, 2.75) is 26.0 Å². The van der Waals surface area contributed by atoms with Crippen molar-refractivity contribution in [3.8, 4) is 0 Å². The number of halogens is 1. The second kappa shape index (κ2) is 6.15. The normalized spacial score (nSPS) is 13.3. The van der Waals surface area contributed by atoms with Crippen LogP contribution in [0.4, 0.5) is 10.1 Å². The largest absolute Gasteiger partial charge is 0.316 e. The predicted molar refractivity (Wildman–Crippen MR) is 71.7 cm³/mol. The number of anilines is 1. The van der Waals surface area contributed by atoms with Gasteiger partial charge in [0.25, 0.3) is 0 Å². The Kier molecular flexibility index (Phi) is 5.10. The summed E-state index contributed by atoms with van der Waals surface area (Å²) in [4.78, 5) is 0. The van der Waals surface area contributed by atoms with Crippen molar-refractivity contribution in [2.75, 3.05) is 17.8 Å². The number of hydrogen-bond donors (Lipinski definition) is 2. The predicted octanol–water partition coefficient (Wildman–Crippen LogP) is 1.87. The molecule has 1 aromatic carbocycles. The summed E-state index contributed by atoms with van der Waals surface area (Å²) in [7, 11) is -3.45. The number of sulfonamides is 1. The fraction of sp³-hybridized carbons (Fsp3) is 0.500. The standard InChI is InChI=1S/C12H19FN2O2S/c1-4-14-8-10(3)18(16,17)15-11-5-6-12(13)9(2)7-11/h5-7,10,14-15H,4,8H2,1-3H3. The number of benzene rings is 1. The van der Waals surface area contributed by atoms with E-state index in [9.17, 15) is 12.8 Å². The number of nitrogens with one attached hydrogen (secondary N) is 2. The van der Waals surface area contributed by atoms with E-state index < -0.39 is 15.3 Å². The van der Waals surface area contributed by atoms with E-state index >= 15 is 0 Å². The third-order valence-corrected chi connectivity index (χ3v) is 4.38. The Morgan fingerprint density at radius 2 is 2.06 bits per heavy atom. The fourth-order valence-corrected chi connectivity index (χ4v) is 2.42. The minimum Gasteiger partial charge on any atom is -0.316 e. The van der Waals surface area contributed by atoms with E-state index in [-0.39, 0.29) is 5.82 Å². The molecule has 0 aliphatic carbocycles. The number of aryl methyl sites for hydroxylation is 1. The summed E-state index contributed by atoms with van der Waals surface area (Å²) in [6.45, 7) is 6.23. The van der Waals surface area contributed by atoms with Crippen LogP contribution in [0, 0.1) is 12.7 Å². The van der Waals surface area contributed by atoms with Crippen LogP contribution in [0.3, 0.4) is 0 Å². The molecule has 18 heavy (non-hydrogen) atoms. The lowest BCUT2D eigenvalue weighted by Crippen LogP contribution is -2.34. The molecule has 1 unspecified atom stereocenters. The lowest BCUT2D eigenvalue weighted by Gasteiger charge is -2.15. The molecule has 2 N–H and O–H groups in total. The third-order valence-electron chi connectivity index (χ3n) is 2.63. The van der Waals surface area contributed by atoms with Gasteiger partial charge >= 0.3 is 0 Å². The smallest absolute Gasteiger partial charge is 0.236 e. The van der Waals surface area contributed by atoms with Crippen LogP contribution in [0.2, 0.25) is 0 Å². The van der Waals surface area contributed by atoms with Gasteiger partial charge in [-0.15, -0.1) is 0 Å². The van der Waals surface area contributed by atoms with E-state index in [4.69, 9.17) is 0 Å². The molecule has 0 bridgehead atoms. The van der Waals surface area contributed by atoms with Gasteiger partial charge in [0.05, 0.1) is 5.25 Å². The second-order valence-electron chi connectivity index (χ2n) is 4.23. The van der Waals surface area contributed by atoms with Gasteiger partial charge in [-0.1, -0.05) is 6.92 Å². The Hall–Kier alpha value is -1.14. The molecule has 6 heteroatoms. The van der Waals surface area contributed by atoms with Crippen LogP contribution in [0.1, 0.15) is 19.4 Å². The van der Waals surface area contributed by atoms with Gasteiger partial charge in [0.2, 0.25) is 10.0 Å². The molecule has 0 spiro atoms. The molecular formula is C12H19FN2O2S. The maximum atomic E-state index is 13.1. The zero-order chi connectivity index (χ0) is 13.8. The van der Waals surface area contributed by atoms with Gasteiger partial charge < -0.3 is 5.32 Å². The van der Waals surface area contributed by atoms with Gasteiger partial charge in [0.1, 0.15) is 5.82 Å². The van der Waals surface area contributed by atoms with Crippen LogP contribution in [0.5, 0.6) is 0 Å². The highest BCUT2D eigenvalue weighted by molar-refractivity contribution is 7.93. The molecule has 0 saturated carbocycles. The summed E-state index contributed by atoms with van der Waals surface area (Å²) in [6, 6.07) is 4.15. The summed E-state index contributed by atoms with van der Waals surface area (Å²) >= 11 is 0. The molecule has 102 valence electrons. The maximum Gasteiger partial charge on any atom is 0.236 e. The summed E-state index contributed by atoms with van der Waals surface area (Å²) in [5, 5.41) is 2.43. The third kappa shape index (κ3) is 3.96. The highest BCUT2D eigenvalue weighted by Gasteiger charge is 2.20. The molecule has 0 heterocycles. The minimum atomic E-state index is -3.45. The van der Waals surface area contributed by atoms with Crippen molar-refractivity contribution in [3.63, 3.8) is 0 Å². The molecule has 1 rings (SSSR count). The molecule has 0 aliphatic rings. The van der Waals surface area contributed by atoms with E-state index in [1.807, 2.05) is 6.92 Å². The molecule has 0 saturated heterocycles. The Morgan fingerprint density at radius 1 is 1.39 bits per heavy atom. The van der Waals surface area contributed by atoms with Crippen LogP contribution < -0.4 is 10.0 Å². The molecule has 0 amide bonds. The monoisotopic (exact) mass is 274 g/mol. The zero-order valence-electron chi connectivity index (χ0n) is 10.8. The van der Waals surface area contributed by atoms with Crippen molar-refractivity contribution in [1.29, 1.82) is 0 Å². The van der Waals surface area contributed by atoms with Crippen LogP contribution in [0.15, 0.2) is 18.2 Å². The van der Waals surface area contributed by atoms with Crippen LogP contribution in [0.25, 0.3) is 0 Å². The van der Waals surface area contributed by atoms with Crippen LogP contribution >= 0.6 is 0 Å². The molecule has 1 atom stereocenters. The molecule has 0 radical (unpaired) electrons. The molecule has 1 aromatic rings. The average Bonchev–Trinajstić information content (AvgIpc) is 2.30. The number of rotatable bonds is 6. The van der Waals surface area contributed by atoms with Gasteiger partial charge in [-0.3, -0.25) is 4.72 Å². The average molecular weight is 274 g/mol. The quantitative estimate of drug-likeness (QED) is 0.832. The van der Waals surface area contributed by atoms with Crippen LogP contribution in [-0.4, -0.2) is 26.8 Å². The molecule has 4 nitrogen and oxygen atoms in total. The van der Waals surface area contributed by atoms with Gasteiger partial charge in [-0.05, 0) is 44.2 Å². The van der Waals surface area contributed by atoms with Crippen molar-refractivity contribution >= 4 is 15.7 Å². The SMILES string of the molecule is CCNCC(C)S(=O)(=O)Nc1ccc(F)c(C)c1. The van der Waals surface area contributed by atoms with Gasteiger partial charge in [-0.2, -0.15) is 0 Å².